The molecule has 7 heteroatoms. The summed E-state index contributed by atoms with van der Waals surface area (Å²) in [5.41, 5.74) is 0. The zero-order valence-electron chi connectivity index (χ0n) is 8.31. The molecule has 1 saturated heterocycles. The average molecular weight is 233 g/mol. The van der Waals surface area contributed by atoms with E-state index in [0.29, 0.717) is 13.0 Å². The van der Waals surface area contributed by atoms with Gasteiger partial charge in [-0.05, 0) is 12.8 Å². The van der Waals surface area contributed by atoms with Crippen molar-refractivity contribution in [1.82, 2.24) is 4.90 Å². The summed E-state index contributed by atoms with van der Waals surface area (Å²) in [7, 11) is -2.29. The molecule has 76 valence electrons. The van der Waals surface area contributed by atoms with Crippen molar-refractivity contribution in [3.05, 3.63) is 0 Å². The molecule has 1 fully saturated rings. The van der Waals surface area contributed by atoms with E-state index in [2.05, 4.69) is 0 Å². The molecule has 1 aliphatic heterocycles. The van der Waals surface area contributed by atoms with Crippen LogP contribution in [0.2, 0.25) is 6.32 Å². The number of carbonyl (C=O) groups excluding carboxylic acids is 1. The van der Waals surface area contributed by atoms with Crippen molar-refractivity contribution in [2.45, 2.75) is 25.6 Å². The van der Waals surface area contributed by atoms with E-state index >= 15 is 0 Å². The van der Waals surface area contributed by atoms with E-state index in [-0.39, 0.29) is 74.9 Å². The van der Waals surface area contributed by atoms with Gasteiger partial charge < -0.3 is 9.60 Å². The summed E-state index contributed by atoms with van der Waals surface area (Å²) in [6, 6.07) is 0. The Kier molecular flexibility index (Phi) is 11.4. The summed E-state index contributed by atoms with van der Waals surface area (Å²) in [5, 5.41) is 0. The molecule has 1 amide bonds. The van der Waals surface area contributed by atoms with Gasteiger partial charge in [-0.15, -0.1) is 0 Å². The Hall–Kier alpha value is 0.961. The van der Waals surface area contributed by atoms with Crippen molar-refractivity contribution in [2.75, 3.05) is 13.1 Å². The maximum atomic E-state index is 11.8. The molecule has 2 nitrogen and oxygen atoms in total. The van der Waals surface area contributed by atoms with Crippen LogP contribution in [0.15, 0.2) is 0 Å². The van der Waals surface area contributed by atoms with Crippen LogP contribution in [0.25, 0.3) is 0 Å². The van der Waals surface area contributed by atoms with Crippen LogP contribution in [0, 0.1) is 0 Å². The number of hydrogen-bond acceptors (Lipinski definition) is 1. The van der Waals surface area contributed by atoms with E-state index in [1.165, 1.54) is 4.90 Å². The van der Waals surface area contributed by atoms with E-state index in [9.17, 15) is 13.4 Å². The van der Waals surface area contributed by atoms with Crippen molar-refractivity contribution in [3.8, 4) is 0 Å². The third-order valence-corrected chi connectivity index (χ3v) is 2.04. The van der Waals surface area contributed by atoms with Gasteiger partial charge >= 0.3 is 58.7 Å². The van der Waals surface area contributed by atoms with E-state index in [4.69, 9.17) is 0 Å². The molecule has 0 N–H and O–H groups in total. The topological polar surface area (TPSA) is 20.3 Å². The predicted molar refractivity (Wildman–Crippen MR) is 43.2 cm³/mol. The predicted octanol–water partition coefficient (Wildman–Crippen LogP) is -4.57. The molecule has 0 aliphatic carbocycles. The largest absolute Gasteiger partial charge is 1.00 e. The average Bonchev–Trinajstić information content (AvgIpc) is 2.03. The number of hydrogen-bond donors (Lipinski definition) is 0. The molecule has 0 radical (unpaired) electrons. The van der Waals surface area contributed by atoms with Crippen LogP contribution in [0.3, 0.4) is 0 Å². The zero-order chi connectivity index (χ0) is 8.97. The molecule has 0 aromatic heterocycles. The van der Waals surface area contributed by atoms with Crippen molar-refractivity contribution >= 4 is 13.2 Å². The fraction of sp³-hybridized carbons (Fsp3) is 0.857. The van der Waals surface area contributed by atoms with Crippen LogP contribution in [-0.4, -0.2) is 31.2 Å². The maximum Gasteiger partial charge on any atom is 1.00 e. The summed E-state index contributed by atoms with van der Waals surface area (Å²) < 4.78 is 23.6. The van der Waals surface area contributed by atoms with Crippen LogP contribution in [0.4, 0.5) is 8.63 Å². The quantitative estimate of drug-likeness (QED) is 0.449. The van der Waals surface area contributed by atoms with Crippen molar-refractivity contribution in [1.29, 1.82) is 0 Å². The summed E-state index contributed by atoms with van der Waals surface area (Å²) in [6.07, 6.45) is 2.20. The summed E-state index contributed by atoms with van der Waals surface area (Å²) in [5.74, 6) is 0.0295. The molecule has 0 bridgehead atoms. The van der Waals surface area contributed by atoms with E-state index in [1.54, 1.807) is 0 Å². The van der Waals surface area contributed by atoms with Gasteiger partial charge in [-0.2, -0.15) is 0 Å². The van der Waals surface area contributed by atoms with Gasteiger partial charge in [0.05, 0.1) is 0 Å². The number of nitrogens with zero attached hydrogens (tertiary/aromatic N) is 1. The van der Waals surface area contributed by atoms with Gasteiger partial charge in [0.25, 0.3) is 0 Å². The molecule has 0 aromatic rings. The summed E-state index contributed by atoms with van der Waals surface area (Å²) >= 11 is 0. The smallest absolute Gasteiger partial charge is 1.00 e. The van der Waals surface area contributed by atoms with Crippen LogP contribution >= 0.6 is 0 Å². The Bertz CT molecular complexity index is 173. The van der Waals surface area contributed by atoms with Crippen molar-refractivity contribution < 1.29 is 69.5 Å². The van der Waals surface area contributed by atoms with E-state index < -0.39 is 7.27 Å². The SMILES string of the molecule is O=C1CCCCN1CCB(F)F.[F-].[K+]. The number of halogens is 3. The normalized spacial score (nSPS) is 15.6. The minimum Gasteiger partial charge on any atom is -1.00 e. The molecular weight excluding hydrogens is 221 g/mol. The fourth-order valence-electron chi connectivity index (χ4n) is 1.35. The summed E-state index contributed by atoms with van der Waals surface area (Å²) in [6.45, 7) is 0.877. The molecule has 0 atom stereocenters. The number of amides is 1. The minimum absolute atomic E-state index is 0. The fourth-order valence-corrected chi connectivity index (χ4v) is 1.35. The number of carbonyl (C=O) groups is 1. The second-order valence-corrected chi connectivity index (χ2v) is 3.02. The Morgan fingerprint density at radius 1 is 1.36 bits per heavy atom. The molecule has 0 saturated carbocycles. The first kappa shape index (κ1) is 17.4. The first-order valence-corrected chi connectivity index (χ1v) is 4.26. The molecule has 1 aliphatic rings. The van der Waals surface area contributed by atoms with Crippen LogP contribution in [0.1, 0.15) is 19.3 Å². The zero-order valence-corrected chi connectivity index (χ0v) is 11.4. The number of rotatable bonds is 3. The van der Waals surface area contributed by atoms with Crippen LogP contribution in [0.5, 0.6) is 0 Å². The Labute approximate surface area is 125 Å². The van der Waals surface area contributed by atoms with E-state index in [1.807, 2.05) is 0 Å². The van der Waals surface area contributed by atoms with E-state index in [0.717, 1.165) is 12.8 Å². The van der Waals surface area contributed by atoms with Gasteiger partial charge in [0.1, 0.15) is 0 Å². The van der Waals surface area contributed by atoms with Gasteiger partial charge in [-0.1, -0.05) is 0 Å². The second kappa shape index (κ2) is 9.21. The van der Waals surface area contributed by atoms with Gasteiger partial charge in [0.15, 0.2) is 0 Å². The molecule has 0 unspecified atom stereocenters. The van der Waals surface area contributed by atoms with Gasteiger partial charge in [-0.25, -0.2) is 0 Å². The first-order valence-electron chi connectivity index (χ1n) is 4.26. The van der Waals surface area contributed by atoms with Gasteiger partial charge in [0.2, 0.25) is 5.91 Å². The Morgan fingerprint density at radius 3 is 2.50 bits per heavy atom. The molecular formula is C7H12BF3KNO. The minimum atomic E-state index is -2.29. The maximum absolute atomic E-state index is 11.8. The van der Waals surface area contributed by atoms with Crippen molar-refractivity contribution in [3.63, 3.8) is 0 Å². The molecule has 1 heterocycles. The second-order valence-electron chi connectivity index (χ2n) is 3.02. The van der Waals surface area contributed by atoms with Crippen LogP contribution < -0.4 is 56.1 Å². The van der Waals surface area contributed by atoms with Crippen LogP contribution in [-0.2, 0) is 4.79 Å². The monoisotopic (exact) mass is 233 g/mol. The van der Waals surface area contributed by atoms with Gasteiger partial charge in [0, 0.05) is 25.8 Å². The molecule has 0 aromatic carbocycles. The molecule has 14 heavy (non-hydrogen) atoms. The first-order chi connectivity index (χ1) is 5.70. The third-order valence-electron chi connectivity index (χ3n) is 2.04. The Morgan fingerprint density at radius 2 is 2.00 bits per heavy atom. The molecule has 1 rings (SSSR count). The summed E-state index contributed by atoms with van der Waals surface area (Å²) in [4.78, 5) is 12.6. The van der Waals surface area contributed by atoms with Crippen molar-refractivity contribution in [2.24, 2.45) is 0 Å². The molecule has 0 spiro atoms. The van der Waals surface area contributed by atoms with Gasteiger partial charge in [-0.3, -0.25) is 13.4 Å². The third kappa shape index (κ3) is 6.45. The number of piperidine rings is 1. The number of likely N-dealkylation sites (tertiary alicyclic amines) is 1. The Balaban J connectivity index is 0. The standard InChI is InChI=1S/C7H12BF2NO.FH.K/c9-8(10)4-6-11-5-2-1-3-7(11)12;;/h1-6H2;1H;/q;;+1/p-1.